The lowest BCUT2D eigenvalue weighted by Gasteiger charge is -2.28. The Hall–Kier alpha value is -0.930. The number of nitrogens with zero attached hydrogens (tertiary/aromatic N) is 1. The topological polar surface area (TPSA) is 45.2 Å². The maximum Gasteiger partial charge on any atom is 0.0693 e. The Labute approximate surface area is 96.9 Å². The second-order valence-electron chi connectivity index (χ2n) is 4.64. The van der Waals surface area contributed by atoms with Crippen molar-refractivity contribution in [1.29, 1.82) is 0 Å². The van der Waals surface area contributed by atoms with Crippen molar-refractivity contribution < 1.29 is 5.11 Å². The van der Waals surface area contributed by atoms with Crippen molar-refractivity contribution in [2.75, 3.05) is 0 Å². The molecule has 1 aliphatic rings. The quantitative estimate of drug-likeness (QED) is 0.816. The number of hydrogen-bond acceptors (Lipinski definition) is 3. The minimum absolute atomic E-state index is 0.170. The van der Waals surface area contributed by atoms with Crippen LogP contribution in [0.5, 0.6) is 0 Å². The number of nitrogens with one attached hydrogen (secondary N) is 1. The fourth-order valence-corrected chi connectivity index (χ4v) is 2.29. The van der Waals surface area contributed by atoms with E-state index < -0.39 is 0 Å². The molecule has 0 spiro atoms. The molecule has 1 saturated carbocycles. The Kier molecular flexibility index (Phi) is 3.91. The zero-order valence-corrected chi connectivity index (χ0v) is 9.82. The SMILES string of the molecule is Cc1cnccc1CN[C@@H]1CCCC[C@H]1O. The van der Waals surface area contributed by atoms with E-state index in [1.54, 1.807) is 0 Å². The molecule has 16 heavy (non-hydrogen) atoms. The number of aryl methyl sites for hydroxylation is 1. The van der Waals surface area contributed by atoms with Crippen LogP contribution in [0, 0.1) is 6.92 Å². The van der Waals surface area contributed by atoms with Gasteiger partial charge in [-0.15, -0.1) is 0 Å². The maximum atomic E-state index is 9.84. The molecule has 1 aromatic heterocycles. The summed E-state index contributed by atoms with van der Waals surface area (Å²) in [7, 11) is 0. The molecule has 1 aromatic rings. The monoisotopic (exact) mass is 220 g/mol. The minimum Gasteiger partial charge on any atom is -0.392 e. The molecular weight excluding hydrogens is 200 g/mol. The molecule has 0 radical (unpaired) electrons. The molecule has 1 fully saturated rings. The number of aliphatic hydroxyl groups is 1. The van der Waals surface area contributed by atoms with E-state index >= 15 is 0 Å². The van der Waals surface area contributed by atoms with Crippen molar-refractivity contribution in [1.82, 2.24) is 10.3 Å². The van der Waals surface area contributed by atoms with E-state index in [0.717, 1.165) is 25.8 Å². The van der Waals surface area contributed by atoms with Gasteiger partial charge in [0.2, 0.25) is 0 Å². The van der Waals surface area contributed by atoms with Crippen molar-refractivity contribution in [3.8, 4) is 0 Å². The lowest BCUT2D eigenvalue weighted by Crippen LogP contribution is -2.41. The first-order chi connectivity index (χ1) is 7.77. The molecular formula is C13H20N2O. The van der Waals surface area contributed by atoms with Crippen LogP contribution < -0.4 is 5.32 Å². The Morgan fingerprint density at radius 2 is 2.25 bits per heavy atom. The third-order valence-corrected chi connectivity index (χ3v) is 3.42. The third kappa shape index (κ3) is 2.80. The molecule has 0 amide bonds. The summed E-state index contributed by atoms with van der Waals surface area (Å²) in [6, 6.07) is 2.30. The summed E-state index contributed by atoms with van der Waals surface area (Å²) in [5.41, 5.74) is 2.48. The highest BCUT2D eigenvalue weighted by molar-refractivity contribution is 5.21. The van der Waals surface area contributed by atoms with Gasteiger partial charge in [0.25, 0.3) is 0 Å². The largest absolute Gasteiger partial charge is 0.392 e. The molecule has 0 saturated heterocycles. The van der Waals surface area contributed by atoms with Gasteiger partial charge in [0.15, 0.2) is 0 Å². The molecule has 0 aliphatic heterocycles. The number of aromatic nitrogens is 1. The molecule has 88 valence electrons. The molecule has 0 bridgehead atoms. The van der Waals surface area contributed by atoms with E-state index in [2.05, 4.69) is 17.2 Å². The molecule has 1 aliphatic carbocycles. The third-order valence-electron chi connectivity index (χ3n) is 3.42. The zero-order valence-electron chi connectivity index (χ0n) is 9.82. The van der Waals surface area contributed by atoms with Crippen LogP contribution in [-0.2, 0) is 6.54 Å². The Bertz CT molecular complexity index is 340. The maximum absolute atomic E-state index is 9.84. The van der Waals surface area contributed by atoms with Crippen molar-refractivity contribution in [2.24, 2.45) is 0 Å². The average Bonchev–Trinajstić information content (AvgIpc) is 2.30. The number of pyridine rings is 1. The number of aliphatic hydroxyl groups excluding tert-OH is 1. The van der Waals surface area contributed by atoms with Crippen LogP contribution in [0.2, 0.25) is 0 Å². The predicted octanol–water partition coefficient (Wildman–Crippen LogP) is 1.78. The fraction of sp³-hybridized carbons (Fsp3) is 0.615. The molecule has 0 aromatic carbocycles. The normalized spacial score (nSPS) is 25.6. The second kappa shape index (κ2) is 5.41. The molecule has 2 rings (SSSR count). The van der Waals surface area contributed by atoms with E-state index in [1.807, 2.05) is 18.5 Å². The first-order valence-electron chi connectivity index (χ1n) is 6.08. The Morgan fingerprint density at radius 1 is 1.44 bits per heavy atom. The predicted molar refractivity (Wildman–Crippen MR) is 64.1 cm³/mol. The van der Waals surface area contributed by atoms with Crippen LogP contribution in [0.3, 0.4) is 0 Å². The molecule has 3 heteroatoms. The molecule has 1 heterocycles. The molecule has 2 N–H and O–H groups in total. The van der Waals surface area contributed by atoms with Crippen molar-refractivity contribution in [3.63, 3.8) is 0 Å². The summed E-state index contributed by atoms with van der Waals surface area (Å²) in [6.45, 7) is 2.90. The van der Waals surface area contributed by atoms with Gasteiger partial charge in [-0.05, 0) is 37.0 Å². The number of rotatable bonds is 3. The highest BCUT2D eigenvalue weighted by Gasteiger charge is 2.22. The summed E-state index contributed by atoms with van der Waals surface area (Å²) in [4.78, 5) is 4.08. The highest BCUT2D eigenvalue weighted by Crippen LogP contribution is 2.19. The van der Waals surface area contributed by atoms with E-state index in [4.69, 9.17) is 0 Å². The zero-order chi connectivity index (χ0) is 11.4. The molecule has 0 unspecified atom stereocenters. The second-order valence-corrected chi connectivity index (χ2v) is 4.64. The summed E-state index contributed by atoms with van der Waals surface area (Å²) < 4.78 is 0. The lowest BCUT2D eigenvalue weighted by molar-refractivity contribution is 0.0902. The first-order valence-corrected chi connectivity index (χ1v) is 6.08. The Morgan fingerprint density at radius 3 is 3.00 bits per heavy atom. The highest BCUT2D eigenvalue weighted by atomic mass is 16.3. The fourth-order valence-electron chi connectivity index (χ4n) is 2.29. The van der Waals surface area contributed by atoms with Crippen molar-refractivity contribution >= 4 is 0 Å². The smallest absolute Gasteiger partial charge is 0.0693 e. The average molecular weight is 220 g/mol. The summed E-state index contributed by atoms with van der Waals surface area (Å²) in [5, 5.41) is 13.3. The van der Waals surface area contributed by atoms with Gasteiger partial charge in [-0.1, -0.05) is 12.8 Å². The minimum atomic E-state index is -0.170. The van der Waals surface area contributed by atoms with Gasteiger partial charge in [-0.3, -0.25) is 4.98 Å². The summed E-state index contributed by atoms with van der Waals surface area (Å²) in [5.74, 6) is 0. The molecule has 2 atom stereocenters. The Balaban J connectivity index is 1.89. The number of hydrogen-bond donors (Lipinski definition) is 2. The van der Waals surface area contributed by atoms with Crippen LogP contribution in [0.1, 0.15) is 36.8 Å². The van der Waals surface area contributed by atoms with Crippen molar-refractivity contribution in [3.05, 3.63) is 29.6 Å². The van der Waals surface area contributed by atoms with Gasteiger partial charge in [-0.2, -0.15) is 0 Å². The van der Waals surface area contributed by atoms with Gasteiger partial charge < -0.3 is 10.4 Å². The van der Waals surface area contributed by atoms with Crippen LogP contribution in [0.15, 0.2) is 18.5 Å². The lowest BCUT2D eigenvalue weighted by atomic mass is 9.92. The van der Waals surface area contributed by atoms with Crippen LogP contribution >= 0.6 is 0 Å². The van der Waals surface area contributed by atoms with Crippen LogP contribution in [-0.4, -0.2) is 22.2 Å². The van der Waals surface area contributed by atoms with Gasteiger partial charge in [0.05, 0.1) is 6.10 Å². The van der Waals surface area contributed by atoms with Gasteiger partial charge in [-0.25, -0.2) is 0 Å². The van der Waals surface area contributed by atoms with Gasteiger partial charge >= 0.3 is 0 Å². The van der Waals surface area contributed by atoms with E-state index in [0.29, 0.717) is 0 Å². The standard InChI is InChI=1S/C13H20N2O/c1-10-8-14-7-6-11(10)9-15-12-4-2-3-5-13(12)16/h6-8,12-13,15-16H,2-5,9H2,1H3/t12-,13-/m1/s1. The van der Waals surface area contributed by atoms with E-state index in [-0.39, 0.29) is 12.1 Å². The van der Waals surface area contributed by atoms with Gasteiger partial charge in [0, 0.05) is 25.0 Å². The van der Waals surface area contributed by atoms with Gasteiger partial charge in [0.1, 0.15) is 0 Å². The van der Waals surface area contributed by atoms with Crippen LogP contribution in [0.4, 0.5) is 0 Å². The van der Waals surface area contributed by atoms with Crippen LogP contribution in [0.25, 0.3) is 0 Å². The summed E-state index contributed by atoms with van der Waals surface area (Å²) in [6.07, 6.45) is 7.95. The summed E-state index contributed by atoms with van der Waals surface area (Å²) >= 11 is 0. The first kappa shape index (κ1) is 11.6. The van der Waals surface area contributed by atoms with E-state index in [9.17, 15) is 5.11 Å². The van der Waals surface area contributed by atoms with Crippen molar-refractivity contribution in [2.45, 2.75) is 51.3 Å². The molecule has 3 nitrogen and oxygen atoms in total. The van der Waals surface area contributed by atoms with E-state index in [1.165, 1.54) is 17.5 Å².